The molecule has 1 saturated heterocycles. The quantitative estimate of drug-likeness (QED) is 0.230. The summed E-state index contributed by atoms with van der Waals surface area (Å²) in [4.78, 5) is 32.5. The van der Waals surface area contributed by atoms with Gasteiger partial charge in [-0.05, 0) is 85.0 Å². The third-order valence-electron chi connectivity index (χ3n) is 10.2. The second-order valence-electron chi connectivity index (χ2n) is 13.0. The normalized spacial score (nSPS) is 20.5. The van der Waals surface area contributed by atoms with Crippen LogP contribution in [0.4, 0.5) is 10.5 Å². The number of hydrogen-bond donors (Lipinski definition) is 2. The molecule has 8 rings (SSSR count). The third-order valence-corrected chi connectivity index (χ3v) is 10.2. The van der Waals surface area contributed by atoms with E-state index in [9.17, 15) is 9.59 Å². The minimum Gasteiger partial charge on any atom is -0.494 e. The molecule has 10 heteroatoms. The van der Waals surface area contributed by atoms with E-state index < -0.39 is 6.09 Å². The number of ether oxygens (including phenoxy) is 2. The number of carbonyl (C=O) groups excluding carboxylic acids is 2. The lowest BCUT2D eigenvalue weighted by Gasteiger charge is -2.27. The Bertz CT molecular complexity index is 2010. The van der Waals surface area contributed by atoms with Crippen molar-refractivity contribution in [3.63, 3.8) is 0 Å². The number of aryl methyl sites for hydroxylation is 1. The summed E-state index contributed by atoms with van der Waals surface area (Å²) in [6.07, 6.45) is 4.01. The van der Waals surface area contributed by atoms with Crippen molar-refractivity contribution in [1.82, 2.24) is 19.0 Å². The molecule has 5 aromatic rings. The van der Waals surface area contributed by atoms with Crippen LogP contribution in [-0.2, 0) is 18.3 Å². The van der Waals surface area contributed by atoms with Crippen LogP contribution in [-0.4, -0.2) is 63.9 Å². The highest BCUT2D eigenvalue weighted by Gasteiger charge is 2.47. The topological polar surface area (TPSA) is 117 Å². The Kier molecular flexibility index (Phi) is 6.79. The first-order valence-electron chi connectivity index (χ1n) is 16.0. The lowest BCUT2D eigenvalue weighted by atomic mass is 10.0. The summed E-state index contributed by atoms with van der Waals surface area (Å²) in [5, 5.41) is 3.84. The number of nitrogens with zero attached hydrogens (tertiary/aromatic N) is 4. The number of hydrogen-bond acceptors (Lipinski definition) is 6. The fourth-order valence-corrected chi connectivity index (χ4v) is 7.56. The van der Waals surface area contributed by atoms with Gasteiger partial charge in [0.05, 0.1) is 25.4 Å². The van der Waals surface area contributed by atoms with Crippen molar-refractivity contribution in [2.24, 2.45) is 24.6 Å². The highest BCUT2D eigenvalue weighted by molar-refractivity contribution is 6.01. The molecule has 46 heavy (non-hydrogen) atoms. The minimum absolute atomic E-state index is 0.000426. The Labute approximate surface area is 267 Å². The first kappa shape index (κ1) is 28.6. The summed E-state index contributed by atoms with van der Waals surface area (Å²) in [7, 11) is 5.01. The zero-order chi connectivity index (χ0) is 31.7. The molecule has 3 atom stereocenters. The van der Waals surface area contributed by atoms with Crippen molar-refractivity contribution in [2.75, 3.05) is 26.1 Å². The van der Waals surface area contributed by atoms with E-state index in [4.69, 9.17) is 20.2 Å². The van der Waals surface area contributed by atoms with Gasteiger partial charge in [0.2, 0.25) is 0 Å². The van der Waals surface area contributed by atoms with E-state index in [1.54, 1.807) is 7.11 Å². The van der Waals surface area contributed by atoms with E-state index in [1.807, 2.05) is 48.3 Å². The molecule has 3 aromatic carbocycles. The molecular formula is C36H38N6O4. The Morgan fingerprint density at radius 3 is 2.43 bits per heavy atom. The maximum atomic E-state index is 13.7. The minimum atomic E-state index is -0.495. The van der Waals surface area contributed by atoms with Crippen LogP contribution in [0.15, 0.2) is 60.7 Å². The largest absolute Gasteiger partial charge is 0.494 e. The van der Waals surface area contributed by atoms with Gasteiger partial charge in [0, 0.05) is 54.4 Å². The Balaban J connectivity index is 1.19. The molecule has 0 spiro atoms. The second-order valence-corrected chi connectivity index (χ2v) is 13.0. The zero-order valence-corrected chi connectivity index (χ0v) is 26.3. The van der Waals surface area contributed by atoms with Crippen LogP contribution in [0.1, 0.15) is 36.0 Å². The van der Waals surface area contributed by atoms with E-state index in [-0.39, 0.29) is 18.0 Å². The van der Waals surface area contributed by atoms with Crippen LogP contribution in [0.5, 0.6) is 5.75 Å². The molecule has 2 saturated carbocycles. The van der Waals surface area contributed by atoms with Gasteiger partial charge in [-0.25, -0.2) is 9.78 Å². The van der Waals surface area contributed by atoms with Gasteiger partial charge < -0.3 is 29.2 Å². The van der Waals surface area contributed by atoms with Gasteiger partial charge in [-0.15, -0.1) is 0 Å². The molecular weight excluding hydrogens is 580 g/mol. The van der Waals surface area contributed by atoms with Gasteiger partial charge in [-0.1, -0.05) is 24.3 Å². The fourth-order valence-electron chi connectivity index (χ4n) is 7.56. The zero-order valence-electron chi connectivity index (χ0n) is 26.3. The number of rotatable bonds is 7. The predicted molar refractivity (Wildman–Crippen MR) is 178 cm³/mol. The number of imidazole rings is 1. The highest BCUT2D eigenvalue weighted by atomic mass is 16.5. The van der Waals surface area contributed by atoms with Crippen molar-refractivity contribution >= 4 is 39.6 Å². The third kappa shape index (κ3) is 4.70. The molecule has 2 aromatic heterocycles. The lowest BCUT2D eigenvalue weighted by Crippen LogP contribution is -2.41. The monoisotopic (exact) mass is 618 g/mol. The number of nitrogens with two attached hydrogens (primary N) is 1. The van der Waals surface area contributed by atoms with Gasteiger partial charge in [-0.2, -0.15) is 0 Å². The van der Waals surface area contributed by atoms with Crippen LogP contribution < -0.4 is 15.8 Å². The number of carbonyl (C=O) groups is 2. The average Bonchev–Trinajstić information content (AvgIpc) is 3.48. The van der Waals surface area contributed by atoms with Crippen LogP contribution in [0.2, 0.25) is 0 Å². The lowest BCUT2D eigenvalue weighted by molar-refractivity contribution is 0.0700. The average molecular weight is 619 g/mol. The molecule has 0 unspecified atom stereocenters. The molecule has 236 valence electrons. The fraction of sp³-hybridized carbons (Fsp3) is 0.361. The smallest absolute Gasteiger partial charge is 0.411 e. The van der Waals surface area contributed by atoms with Crippen molar-refractivity contribution in [2.45, 2.75) is 44.3 Å². The summed E-state index contributed by atoms with van der Waals surface area (Å²) in [5.74, 6) is 2.49. The van der Waals surface area contributed by atoms with E-state index in [0.717, 1.165) is 70.5 Å². The van der Waals surface area contributed by atoms with Gasteiger partial charge in [-0.3, -0.25) is 10.1 Å². The number of benzene rings is 3. The number of amides is 2. The summed E-state index contributed by atoms with van der Waals surface area (Å²) >= 11 is 0. The summed E-state index contributed by atoms with van der Waals surface area (Å²) in [6.45, 7) is 1.63. The van der Waals surface area contributed by atoms with Crippen molar-refractivity contribution in [3.8, 4) is 28.4 Å². The summed E-state index contributed by atoms with van der Waals surface area (Å²) < 4.78 is 15.1. The molecule has 0 radical (unpaired) electrons. The standard InChI is InChI=1S/C36H38N6O4/c1-40-33-27(14-25(17-31(33)45-2)35(43)42-19-24-10-13-28(42)32(24)37)39-34(40)30-16-23-7-6-22(15-29(23)41(30)18-20-4-5-20)21-8-11-26(12-9-21)38-36(44)46-3/h6-9,11-12,14-17,20,24,28,32H,4-5,10,13,18-19,37H2,1-3H3,(H,38,44)/t24-,28-,32-/m1/s1. The number of methoxy groups -OCH3 is 2. The maximum Gasteiger partial charge on any atom is 0.411 e. The number of anilines is 1. The number of likely N-dealkylation sites (tertiary alicyclic amines) is 1. The first-order valence-corrected chi connectivity index (χ1v) is 16.0. The molecule has 2 amide bonds. The molecule has 3 fully saturated rings. The number of nitrogens with one attached hydrogen (secondary N) is 1. The number of piperidine rings is 1. The number of aromatic nitrogens is 3. The van der Waals surface area contributed by atoms with E-state index >= 15 is 0 Å². The van der Waals surface area contributed by atoms with Gasteiger partial charge in [0.25, 0.3) is 5.91 Å². The SMILES string of the molecule is COC(=O)Nc1ccc(-c2ccc3cc(-c4nc5cc(C(=O)N6C[C@H]7CC[C@@H]6[C@@H]7N)cc(OC)c5n4C)n(CC4CC4)c3c2)cc1. The van der Waals surface area contributed by atoms with Crippen LogP contribution in [0.3, 0.4) is 0 Å². The summed E-state index contributed by atoms with van der Waals surface area (Å²) in [6, 6.07) is 20.4. The first-order chi connectivity index (χ1) is 22.3. The maximum absolute atomic E-state index is 13.7. The number of fused-ring (bicyclic) bond motifs is 4. The van der Waals surface area contributed by atoms with Crippen LogP contribution in [0.25, 0.3) is 44.6 Å². The molecule has 3 aliphatic rings. The van der Waals surface area contributed by atoms with Crippen LogP contribution in [0, 0.1) is 11.8 Å². The molecule has 2 bridgehead atoms. The van der Waals surface area contributed by atoms with Gasteiger partial charge in [0.15, 0.2) is 5.82 Å². The molecule has 1 aliphatic heterocycles. The van der Waals surface area contributed by atoms with Crippen LogP contribution >= 0.6 is 0 Å². The molecule has 3 heterocycles. The van der Waals surface area contributed by atoms with E-state index in [2.05, 4.69) is 38.7 Å². The van der Waals surface area contributed by atoms with Crippen molar-refractivity contribution in [3.05, 3.63) is 66.2 Å². The Morgan fingerprint density at radius 2 is 1.76 bits per heavy atom. The highest BCUT2D eigenvalue weighted by Crippen LogP contribution is 2.41. The molecule has 3 N–H and O–H groups in total. The predicted octanol–water partition coefficient (Wildman–Crippen LogP) is 6.02. The Hall–Kier alpha value is -4.83. The van der Waals surface area contributed by atoms with Gasteiger partial charge >= 0.3 is 6.09 Å². The van der Waals surface area contributed by atoms with Gasteiger partial charge in [0.1, 0.15) is 11.3 Å². The second kappa shape index (κ2) is 10.9. The van der Waals surface area contributed by atoms with Crippen molar-refractivity contribution in [1.29, 1.82) is 0 Å². The van der Waals surface area contributed by atoms with Crippen molar-refractivity contribution < 1.29 is 19.1 Å². The van der Waals surface area contributed by atoms with E-state index in [0.29, 0.717) is 28.8 Å². The Morgan fingerprint density at radius 1 is 0.978 bits per heavy atom. The summed E-state index contributed by atoms with van der Waals surface area (Å²) in [5.41, 5.74) is 13.6. The molecule has 10 nitrogen and oxygen atoms in total. The van der Waals surface area contributed by atoms with E-state index in [1.165, 1.54) is 20.0 Å². The molecule has 2 aliphatic carbocycles.